The van der Waals surface area contributed by atoms with Gasteiger partial charge in [0.1, 0.15) is 0 Å². The van der Waals surface area contributed by atoms with Crippen LogP contribution < -0.4 is 10.3 Å². The maximum Gasteiger partial charge on any atom is 0.227 e. The van der Waals surface area contributed by atoms with Crippen molar-refractivity contribution >= 4 is 27.3 Å². The van der Waals surface area contributed by atoms with E-state index < -0.39 is 0 Å². The van der Waals surface area contributed by atoms with Gasteiger partial charge in [-0.15, -0.1) is 10.2 Å². The molecule has 2 aromatic heterocycles. The average Bonchev–Trinajstić information content (AvgIpc) is 2.86. The molecule has 0 atom stereocenters. The molecule has 0 radical (unpaired) electrons. The second kappa shape index (κ2) is 5.54. The molecule has 2 heterocycles. The number of nitrogens with zero attached hydrogens (tertiary/aromatic N) is 5. The Hall–Kier alpha value is -2.02. The molecule has 0 fully saturated rings. The Labute approximate surface area is 109 Å². The summed E-state index contributed by atoms with van der Waals surface area (Å²) in [6.45, 7) is 1.91. The Morgan fingerprint density at radius 2 is 2.22 bits per heavy atom. The van der Waals surface area contributed by atoms with E-state index in [4.69, 9.17) is 0 Å². The molecule has 0 spiro atoms. The first-order chi connectivity index (χ1) is 8.66. The van der Waals surface area contributed by atoms with E-state index in [1.165, 1.54) is 11.3 Å². The molecule has 0 aliphatic carbocycles. The Morgan fingerprint density at radius 1 is 1.39 bits per heavy atom. The molecular weight excluding hydrogens is 248 g/mol. The van der Waals surface area contributed by atoms with E-state index in [2.05, 4.69) is 25.7 Å². The first-order valence-electron chi connectivity index (χ1n) is 5.38. The summed E-state index contributed by atoms with van der Waals surface area (Å²) in [7, 11) is 3.85. The van der Waals surface area contributed by atoms with Crippen molar-refractivity contribution in [3.05, 3.63) is 30.1 Å². The van der Waals surface area contributed by atoms with Crippen LogP contribution in [0.25, 0.3) is 0 Å². The SMILES string of the molecule is C/C(=N/Nc1nnc(N(C)C)s1)c1cccnc1. The maximum absolute atomic E-state index is 4.25. The number of anilines is 2. The molecule has 94 valence electrons. The van der Waals surface area contributed by atoms with E-state index in [1.807, 2.05) is 38.1 Å². The first-order valence-corrected chi connectivity index (χ1v) is 6.20. The summed E-state index contributed by atoms with van der Waals surface area (Å²) >= 11 is 1.45. The smallest absolute Gasteiger partial charge is 0.227 e. The highest BCUT2D eigenvalue weighted by molar-refractivity contribution is 7.19. The number of pyridine rings is 1. The van der Waals surface area contributed by atoms with Crippen molar-refractivity contribution in [3.63, 3.8) is 0 Å². The largest absolute Gasteiger partial charge is 0.353 e. The van der Waals surface area contributed by atoms with Crippen molar-refractivity contribution in [3.8, 4) is 0 Å². The molecule has 18 heavy (non-hydrogen) atoms. The van der Waals surface area contributed by atoms with Crippen LogP contribution in [0.15, 0.2) is 29.6 Å². The fourth-order valence-electron chi connectivity index (χ4n) is 1.21. The number of aromatic nitrogens is 3. The zero-order valence-electron chi connectivity index (χ0n) is 10.5. The first kappa shape index (κ1) is 12.4. The van der Waals surface area contributed by atoms with Crippen molar-refractivity contribution in [1.29, 1.82) is 0 Å². The van der Waals surface area contributed by atoms with Crippen LogP contribution in [0.4, 0.5) is 10.3 Å². The summed E-state index contributed by atoms with van der Waals surface area (Å²) in [5, 5.41) is 13.8. The molecule has 0 aromatic carbocycles. The van der Waals surface area contributed by atoms with Gasteiger partial charge in [0.05, 0.1) is 5.71 Å². The third-order valence-electron chi connectivity index (χ3n) is 2.20. The number of nitrogens with one attached hydrogen (secondary N) is 1. The summed E-state index contributed by atoms with van der Waals surface area (Å²) in [4.78, 5) is 5.95. The van der Waals surface area contributed by atoms with Crippen molar-refractivity contribution in [2.75, 3.05) is 24.4 Å². The Bertz CT molecular complexity index is 533. The highest BCUT2D eigenvalue weighted by atomic mass is 32.1. The monoisotopic (exact) mass is 262 g/mol. The van der Waals surface area contributed by atoms with E-state index in [0.29, 0.717) is 5.13 Å². The predicted octanol–water partition coefficient (Wildman–Crippen LogP) is 1.84. The van der Waals surface area contributed by atoms with Crippen LogP contribution in [0.3, 0.4) is 0 Å². The summed E-state index contributed by atoms with van der Waals surface area (Å²) < 4.78 is 0. The predicted molar refractivity (Wildman–Crippen MR) is 74.3 cm³/mol. The van der Waals surface area contributed by atoms with Gasteiger partial charge in [0.2, 0.25) is 10.3 Å². The topological polar surface area (TPSA) is 66.3 Å². The van der Waals surface area contributed by atoms with E-state index >= 15 is 0 Å². The summed E-state index contributed by atoms with van der Waals surface area (Å²) in [5.74, 6) is 0. The van der Waals surface area contributed by atoms with Crippen LogP contribution in [0.5, 0.6) is 0 Å². The van der Waals surface area contributed by atoms with Crippen molar-refractivity contribution in [2.24, 2.45) is 5.10 Å². The molecular formula is C11H14N6S. The molecule has 0 bridgehead atoms. The van der Waals surface area contributed by atoms with Gasteiger partial charge in [-0.2, -0.15) is 5.10 Å². The van der Waals surface area contributed by atoms with Gasteiger partial charge in [-0.1, -0.05) is 17.4 Å². The lowest BCUT2D eigenvalue weighted by Gasteiger charge is -2.03. The van der Waals surface area contributed by atoms with Crippen LogP contribution in [0.1, 0.15) is 12.5 Å². The molecule has 7 heteroatoms. The van der Waals surface area contributed by atoms with Gasteiger partial charge in [-0.3, -0.25) is 10.4 Å². The third kappa shape index (κ3) is 3.01. The van der Waals surface area contributed by atoms with Gasteiger partial charge < -0.3 is 4.90 Å². The summed E-state index contributed by atoms with van der Waals surface area (Å²) in [6, 6.07) is 3.84. The lowest BCUT2D eigenvalue weighted by atomic mass is 10.2. The van der Waals surface area contributed by atoms with E-state index in [-0.39, 0.29) is 0 Å². The summed E-state index contributed by atoms with van der Waals surface area (Å²) in [6.07, 6.45) is 3.50. The minimum absolute atomic E-state index is 0.668. The lowest BCUT2D eigenvalue weighted by Crippen LogP contribution is -2.07. The van der Waals surface area contributed by atoms with Crippen LogP contribution in [-0.4, -0.2) is 35.0 Å². The Kier molecular flexibility index (Phi) is 3.83. The average molecular weight is 262 g/mol. The maximum atomic E-state index is 4.25. The zero-order chi connectivity index (χ0) is 13.0. The van der Waals surface area contributed by atoms with Gasteiger partial charge in [0.25, 0.3) is 0 Å². The van der Waals surface area contributed by atoms with E-state index in [9.17, 15) is 0 Å². The molecule has 0 aliphatic heterocycles. The van der Waals surface area contributed by atoms with E-state index in [0.717, 1.165) is 16.4 Å². The minimum Gasteiger partial charge on any atom is -0.353 e. The Balaban J connectivity index is 2.06. The van der Waals surface area contributed by atoms with Gasteiger partial charge in [0, 0.05) is 32.1 Å². The molecule has 0 aliphatic rings. The molecule has 0 saturated carbocycles. The molecule has 0 amide bonds. The number of rotatable bonds is 4. The fraction of sp³-hybridized carbons (Fsp3) is 0.273. The second-order valence-electron chi connectivity index (χ2n) is 3.83. The van der Waals surface area contributed by atoms with Gasteiger partial charge >= 0.3 is 0 Å². The fourth-order valence-corrected chi connectivity index (χ4v) is 1.82. The van der Waals surface area contributed by atoms with Crippen LogP contribution in [0.2, 0.25) is 0 Å². The zero-order valence-corrected chi connectivity index (χ0v) is 11.3. The normalized spacial score (nSPS) is 11.4. The summed E-state index contributed by atoms with van der Waals surface area (Å²) in [5.41, 5.74) is 4.72. The van der Waals surface area contributed by atoms with Gasteiger partial charge in [0.15, 0.2) is 0 Å². The standard InChI is InChI=1S/C11H14N6S/c1-8(9-5-4-6-12-7-9)13-14-10-15-16-11(18-10)17(2)3/h4-7H,1-3H3,(H,14,15)/b13-8-. The van der Waals surface area contributed by atoms with Gasteiger partial charge in [-0.05, 0) is 13.0 Å². The third-order valence-corrected chi connectivity index (χ3v) is 3.19. The highest BCUT2D eigenvalue weighted by Gasteiger charge is 2.04. The van der Waals surface area contributed by atoms with Crippen LogP contribution >= 0.6 is 11.3 Å². The number of hydrogen-bond acceptors (Lipinski definition) is 7. The minimum atomic E-state index is 0.668. The molecule has 2 rings (SSSR count). The number of hydrogen-bond donors (Lipinski definition) is 1. The lowest BCUT2D eigenvalue weighted by molar-refractivity contribution is 1.01. The molecule has 6 nitrogen and oxygen atoms in total. The highest BCUT2D eigenvalue weighted by Crippen LogP contribution is 2.21. The Morgan fingerprint density at radius 3 is 2.83 bits per heavy atom. The quantitative estimate of drug-likeness (QED) is 0.672. The van der Waals surface area contributed by atoms with Crippen molar-refractivity contribution in [2.45, 2.75) is 6.92 Å². The van der Waals surface area contributed by atoms with E-state index in [1.54, 1.807) is 12.4 Å². The van der Waals surface area contributed by atoms with Crippen LogP contribution in [0, 0.1) is 0 Å². The molecule has 0 saturated heterocycles. The van der Waals surface area contributed by atoms with Crippen LogP contribution in [-0.2, 0) is 0 Å². The molecule has 2 aromatic rings. The second-order valence-corrected chi connectivity index (χ2v) is 4.79. The number of hydrazone groups is 1. The molecule has 0 unspecified atom stereocenters. The van der Waals surface area contributed by atoms with Gasteiger partial charge in [-0.25, -0.2) is 0 Å². The van der Waals surface area contributed by atoms with Crippen molar-refractivity contribution in [1.82, 2.24) is 15.2 Å². The molecule has 1 N–H and O–H groups in total. The van der Waals surface area contributed by atoms with Crippen molar-refractivity contribution < 1.29 is 0 Å².